The Bertz CT molecular complexity index is 937. The third-order valence-corrected chi connectivity index (χ3v) is 6.01. The topological polar surface area (TPSA) is 114 Å². The fourth-order valence-corrected chi connectivity index (χ4v) is 4.21. The van der Waals surface area contributed by atoms with E-state index in [9.17, 15) is 19.2 Å². The van der Waals surface area contributed by atoms with Gasteiger partial charge >= 0.3 is 12.1 Å². The van der Waals surface area contributed by atoms with Crippen molar-refractivity contribution in [2.24, 2.45) is 0 Å². The number of nitrogens with zero attached hydrogens (tertiary/aromatic N) is 1. The molecule has 0 heterocycles. The predicted octanol–water partition coefficient (Wildman–Crippen LogP) is 3.23. The number of nitrogens with one attached hydrogen (secondary N) is 2. The van der Waals surface area contributed by atoms with Crippen molar-refractivity contribution < 1.29 is 28.7 Å². The normalized spacial score (nSPS) is 14.9. The molecular formula is C26H39N3O6S. The molecule has 2 atom stereocenters. The number of rotatable bonds is 11. The monoisotopic (exact) mass is 521 g/mol. The van der Waals surface area contributed by atoms with E-state index in [1.165, 1.54) is 0 Å². The Hall–Kier alpha value is -2.75. The number of carbonyl (C=O) groups excluding carboxylic acids is 4. The molecule has 10 heteroatoms. The highest BCUT2D eigenvalue weighted by Gasteiger charge is 2.44. The van der Waals surface area contributed by atoms with Gasteiger partial charge in [0, 0.05) is 18.3 Å². The fourth-order valence-electron chi connectivity index (χ4n) is 3.96. The first-order valence-electron chi connectivity index (χ1n) is 12.3. The SMILES string of the molecule is CCOC(=O)CCNC(=O)C(c1c(C)cccc1C)N(C(=O)C(CS)NC(=O)OC(C)(C)C)C1CC1. The van der Waals surface area contributed by atoms with E-state index >= 15 is 0 Å². The summed E-state index contributed by atoms with van der Waals surface area (Å²) in [5.41, 5.74) is 1.72. The summed E-state index contributed by atoms with van der Waals surface area (Å²) in [6.07, 6.45) is 0.785. The number of aryl methyl sites for hydroxylation is 2. The van der Waals surface area contributed by atoms with Gasteiger partial charge in [-0.25, -0.2) is 4.79 Å². The van der Waals surface area contributed by atoms with Crippen LogP contribution < -0.4 is 10.6 Å². The number of ether oxygens (including phenoxy) is 2. The maximum Gasteiger partial charge on any atom is 0.408 e. The zero-order valence-corrected chi connectivity index (χ0v) is 22.9. The van der Waals surface area contributed by atoms with Crippen LogP contribution in [0.5, 0.6) is 0 Å². The lowest BCUT2D eigenvalue weighted by Gasteiger charge is -2.35. The Balaban J connectivity index is 2.37. The van der Waals surface area contributed by atoms with Crippen LogP contribution in [0, 0.1) is 13.8 Å². The van der Waals surface area contributed by atoms with Crippen molar-refractivity contribution in [3.63, 3.8) is 0 Å². The molecule has 200 valence electrons. The van der Waals surface area contributed by atoms with Crippen molar-refractivity contribution in [3.05, 3.63) is 34.9 Å². The maximum atomic E-state index is 13.8. The summed E-state index contributed by atoms with van der Waals surface area (Å²) in [6, 6.07) is 3.62. The van der Waals surface area contributed by atoms with Gasteiger partial charge < -0.3 is 25.0 Å². The third kappa shape index (κ3) is 8.43. The van der Waals surface area contributed by atoms with Crippen LogP contribution in [0.1, 0.15) is 69.7 Å². The Kier molecular flexibility index (Phi) is 10.6. The van der Waals surface area contributed by atoms with E-state index in [-0.39, 0.29) is 31.4 Å². The molecule has 0 aliphatic heterocycles. The zero-order valence-electron chi connectivity index (χ0n) is 22.1. The molecule has 1 fully saturated rings. The van der Waals surface area contributed by atoms with Crippen LogP contribution in [0.3, 0.4) is 0 Å². The van der Waals surface area contributed by atoms with E-state index in [0.29, 0.717) is 0 Å². The summed E-state index contributed by atoms with van der Waals surface area (Å²) in [7, 11) is 0. The average molecular weight is 522 g/mol. The number of benzene rings is 1. The lowest BCUT2D eigenvalue weighted by atomic mass is 9.93. The van der Waals surface area contributed by atoms with Crippen LogP contribution >= 0.6 is 12.6 Å². The Morgan fingerprint density at radius 2 is 1.75 bits per heavy atom. The Morgan fingerprint density at radius 3 is 2.25 bits per heavy atom. The minimum absolute atomic E-state index is 0.0237. The lowest BCUT2D eigenvalue weighted by molar-refractivity contribution is -0.144. The zero-order chi connectivity index (χ0) is 27.0. The molecule has 9 nitrogen and oxygen atoms in total. The van der Waals surface area contributed by atoms with Crippen molar-refractivity contribution in [3.8, 4) is 0 Å². The minimum atomic E-state index is -0.983. The molecule has 2 rings (SSSR count). The highest BCUT2D eigenvalue weighted by Crippen LogP contribution is 2.37. The van der Waals surface area contributed by atoms with Crippen molar-refractivity contribution in [1.29, 1.82) is 0 Å². The Labute approximate surface area is 219 Å². The van der Waals surface area contributed by atoms with E-state index in [2.05, 4.69) is 23.3 Å². The summed E-state index contributed by atoms with van der Waals surface area (Å²) in [5, 5.41) is 5.42. The summed E-state index contributed by atoms with van der Waals surface area (Å²) in [5.74, 6) is -1.18. The van der Waals surface area contributed by atoms with Crippen LogP contribution in [0.25, 0.3) is 0 Å². The first kappa shape index (κ1) is 29.5. The lowest BCUT2D eigenvalue weighted by Crippen LogP contribution is -2.54. The minimum Gasteiger partial charge on any atom is -0.466 e. The van der Waals surface area contributed by atoms with Gasteiger partial charge in [-0.15, -0.1) is 0 Å². The van der Waals surface area contributed by atoms with Gasteiger partial charge in [0.15, 0.2) is 0 Å². The molecule has 2 unspecified atom stereocenters. The van der Waals surface area contributed by atoms with Gasteiger partial charge in [-0.1, -0.05) is 18.2 Å². The van der Waals surface area contributed by atoms with Crippen LogP contribution in [0.2, 0.25) is 0 Å². The van der Waals surface area contributed by atoms with Crippen molar-refractivity contribution >= 4 is 36.5 Å². The number of alkyl carbamates (subject to hydrolysis) is 1. The third-order valence-electron chi connectivity index (χ3n) is 5.64. The molecule has 3 amide bonds. The van der Waals surface area contributed by atoms with Gasteiger partial charge in [0.1, 0.15) is 17.7 Å². The molecule has 2 N–H and O–H groups in total. The largest absolute Gasteiger partial charge is 0.466 e. The van der Waals surface area contributed by atoms with Gasteiger partial charge in [-0.05, 0) is 71.1 Å². The van der Waals surface area contributed by atoms with E-state index in [1.807, 2.05) is 32.0 Å². The van der Waals surface area contributed by atoms with E-state index < -0.39 is 41.6 Å². The van der Waals surface area contributed by atoms with Crippen molar-refractivity contribution in [2.45, 2.75) is 84.5 Å². The van der Waals surface area contributed by atoms with E-state index in [1.54, 1.807) is 32.6 Å². The molecule has 0 bridgehead atoms. The summed E-state index contributed by atoms with van der Waals surface area (Å²) in [4.78, 5) is 53.2. The van der Waals surface area contributed by atoms with Crippen LogP contribution in [-0.4, -0.2) is 65.4 Å². The number of hydrogen-bond acceptors (Lipinski definition) is 7. The standard InChI is InChI=1S/C26H39N3O6S/c1-7-34-20(30)13-14-27-23(31)22(21-16(2)9-8-10-17(21)3)29(18-11-12-18)24(32)19(15-36)28-25(33)35-26(4,5)6/h8-10,18-19,22,36H,7,11-15H2,1-6H3,(H,27,31)(H,28,33). The summed E-state index contributed by atoms with van der Waals surface area (Å²) < 4.78 is 10.3. The molecule has 0 spiro atoms. The molecule has 1 saturated carbocycles. The van der Waals surface area contributed by atoms with Crippen LogP contribution in [0.15, 0.2) is 18.2 Å². The van der Waals surface area contributed by atoms with Gasteiger partial charge in [-0.3, -0.25) is 14.4 Å². The summed E-state index contributed by atoms with van der Waals surface area (Å²) in [6.45, 7) is 11.1. The first-order valence-corrected chi connectivity index (χ1v) is 12.9. The van der Waals surface area contributed by atoms with Crippen LogP contribution in [-0.2, 0) is 23.9 Å². The molecule has 1 aromatic carbocycles. The highest BCUT2D eigenvalue weighted by molar-refractivity contribution is 7.80. The smallest absolute Gasteiger partial charge is 0.408 e. The maximum absolute atomic E-state index is 13.8. The molecule has 1 aromatic rings. The molecule has 1 aliphatic rings. The fraction of sp³-hybridized carbons (Fsp3) is 0.615. The van der Waals surface area contributed by atoms with Crippen molar-refractivity contribution in [2.75, 3.05) is 18.9 Å². The second kappa shape index (κ2) is 13.0. The summed E-state index contributed by atoms with van der Waals surface area (Å²) >= 11 is 4.30. The average Bonchev–Trinajstić information content (AvgIpc) is 3.60. The van der Waals surface area contributed by atoms with Gasteiger partial charge in [0.05, 0.1) is 13.0 Å². The first-order chi connectivity index (χ1) is 16.9. The number of thiol groups is 1. The predicted molar refractivity (Wildman–Crippen MR) is 140 cm³/mol. The van der Waals surface area contributed by atoms with Gasteiger partial charge in [0.25, 0.3) is 0 Å². The highest BCUT2D eigenvalue weighted by atomic mass is 32.1. The number of hydrogen-bond donors (Lipinski definition) is 3. The van der Waals surface area contributed by atoms with Gasteiger partial charge in [-0.2, -0.15) is 12.6 Å². The molecule has 0 aromatic heterocycles. The van der Waals surface area contributed by atoms with Crippen LogP contribution in [0.4, 0.5) is 4.79 Å². The number of amides is 3. The number of carbonyl (C=O) groups is 4. The number of esters is 1. The van der Waals surface area contributed by atoms with E-state index in [4.69, 9.17) is 9.47 Å². The van der Waals surface area contributed by atoms with Gasteiger partial charge in [0.2, 0.25) is 11.8 Å². The molecular weight excluding hydrogens is 482 g/mol. The molecule has 36 heavy (non-hydrogen) atoms. The second-order valence-corrected chi connectivity index (χ2v) is 10.3. The second-order valence-electron chi connectivity index (χ2n) is 9.91. The molecule has 0 saturated heterocycles. The molecule has 0 radical (unpaired) electrons. The Morgan fingerprint density at radius 1 is 1.14 bits per heavy atom. The molecule has 1 aliphatic carbocycles. The quantitative estimate of drug-likeness (QED) is 0.304. The van der Waals surface area contributed by atoms with E-state index in [0.717, 1.165) is 29.5 Å². The van der Waals surface area contributed by atoms with Crippen molar-refractivity contribution in [1.82, 2.24) is 15.5 Å².